The van der Waals surface area contributed by atoms with Crippen molar-refractivity contribution in [1.82, 2.24) is 14.8 Å². The van der Waals surface area contributed by atoms with E-state index in [1.54, 1.807) is 25.2 Å². The summed E-state index contributed by atoms with van der Waals surface area (Å²) in [5.74, 6) is 1.04. The molecule has 112 valence electrons. The van der Waals surface area contributed by atoms with Gasteiger partial charge in [-0.15, -0.1) is 10.2 Å². The van der Waals surface area contributed by atoms with Crippen molar-refractivity contribution in [3.8, 4) is 0 Å². The first kappa shape index (κ1) is 15.7. The van der Waals surface area contributed by atoms with Gasteiger partial charge in [-0.05, 0) is 6.42 Å². The first-order valence-corrected chi connectivity index (χ1v) is 7.87. The topological polar surface area (TPSA) is 57.0 Å². The Morgan fingerprint density at radius 2 is 2.14 bits per heavy atom. The molecule has 0 bridgehead atoms. The fraction of sp³-hybridized carbons (Fsp3) is 0.400. The quantitative estimate of drug-likeness (QED) is 0.405. The minimum atomic E-state index is 0.192. The maximum Gasteiger partial charge on any atom is 0.191 e. The van der Waals surface area contributed by atoms with Gasteiger partial charge in [0.05, 0.1) is 6.61 Å². The molecule has 0 atom stereocenters. The summed E-state index contributed by atoms with van der Waals surface area (Å²) in [6, 6.07) is 9.41. The average molecular weight is 305 g/mol. The molecule has 1 heterocycles. The van der Waals surface area contributed by atoms with Crippen LogP contribution in [0.4, 0.5) is 0 Å². The molecule has 6 heteroatoms. The van der Waals surface area contributed by atoms with Crippen molar-refractivity contribution in [3.63, 3.8) is 0 Å². The first-order chi connectivity index (χ1) is 10.3. The molecule has 5 nitrogen and oxygen atoms in total. The highest BCUT2D eigenvalue weighted by Crippen LogP contribution is 2.17. The van der Waals surface area contributed by atoms with Crippen LogP contribution in [0.3, 0.4) is 0 Å². The second-order valence-corrected chi connectivity index (χ2v) is 5.60. The van der Waals surface area contributed by atoms with E-state index in [0.29, 0.717) is 13.0 Å². The smallest absolute Gasteiger partial charge is 0.191 e. The van der Waals surface area contributed by atoms with E-state index in [9.17, 15) is 4.79 Å². The van der Waals surface area contributed by atoms with E-state index in [1.165, 1.54) is 0 Å². The Hall–Kier alpha value is -1.66. The van der Waals surface area contributed by atoms with Crippen LogP contribution in [0.25, 0.3) is 0 Å². The lowest BCUT2D eigenvalue weighted by molar-refractivity contribution is 0.0982. The van der Waals surface area contributed by atoms with Crippen LogP contribution >= 0.6 is 11.8 Å². The van der Waals surface area contributed by atoms with Gasteiger partial charge in [0.2, 0.25) is 0 Å². The largest absolute Gasteiger partial charge is 0.383 e. The normalized spacial score (nSPS) is 10.7. The van der Waals surface area contributed by atoms with Gasteiger partial charge in [-0.2, -0.15) is 0 Å². The van der Waals surface area contributed by atoms with E-state index in [-0.39, 0.29) is 5.78 Å². The molecule has 0 N–H and O–H groups in total. The number of Topliss-reactive ketones (excluding diaryl/α,β-unsaturated/α-hetero) is 1. The molecule has 0 radical (unpaired) electrons. The number of ketones is 1. The highest BCUT2D eigenvalue weighted by atomic mass is 32.2. The van der Waals surface area contributed by atoms with Crippen LogP contribution in [-0.2, 0) is 11.3 Å². The van der Waals surface area contributed by atoms with Crippen LogP contribution in [0.2, 0.25) is 0 Å². The van der Waals surface area contributed by atoms with Crippen LogP contribution in [0.15, 0.2) is 41.8 Å². The number of rotatable bonds is 9. The van der Waals surface area contributed by atoms with Crippen molar-refractivity contribution < 1.29 is 9.53 Å². The lowest BCUT2D eigenvalue weighted by Crippen LogP contribution is -2.05. The summed E-state index contributed by atoms with van der Waals surface area (Å²) in [4.78, 5) is 12.0. The van der Waals surface area contributed by atoms with E-state index in [1.807, 2.05) is 34.9 Å². The Bertz CT molecular complexity index is 557. The third-order valence-electron chi connectivity index (χ3n) is 2.99. The summed E-state index contributed by atoms with van der Waals surface area (Å²) in [6.45, 7) is 1.38. The number of carbonyl (C=O) groups is 1. The number of hydrogen-bond donors (Lipinski definition) is 0. The highest BCUT2D eigenvalue weighted by Gasteiger charge is 2.07. The Labute approximate surface area is 128 Å². The molecule has 0 fully saturated rings. The fourth-order valence-corrected chi connectivity index (χ4v) is 2.74. The second-order valence-electron chi connectivity index (χ2n) is 4.54. The molecule has 0 saturated heterocycles. The summed E-state index contributed by atoms with van der Waals surface area (Å²) in [5.41, 5.74) is 0.783. The zero-order chi connectivity index (χ0) is 14.9. The van der Waals surface area contributed by atoms with Gasteiger partial charge in [0.1, 0.15) is 6.33 Å². The van der Waals surface area contributed by atoms with Crippen LogP contribution in [0.5, 0.6) is 0 Å². The number of thioether (sulfide) groups is 1. The highest BCUT2D eigenvalue weighted by molar-refractivity contribution is 7.99. The van der Waals surface area contributed by atoms with E-state index >= 15 is 0 Å². The SMILES string of the molecule is COCCn1cnnc1SCCCC(=O)c1ccccc1. The minimum absolute atomic E-state index is 0.192. The van der Waals surface area contributed by atoms with Gasteiger partial charge in [-0.1, -0.05) is 42.1 Å². The molecule has 21 heavy (non-hydrogen) atoms. The Morgan fingerprint density at radius 3 is 2.90 bits per heavy atom. The van der Waals surface area contributed by atoms with Gasteiger partial charge in [0.25, 0.3) is 0 Å². The van der Waals surface area contributed by atoms with Crippen molar-refractivity contribution in [2.75, 3.05) is 19.5 Å². The molecule has 0 aliphatic carbocycles. The van der Waals surface area contributed by atoms with E-state index in [2.05, 4.69) is 10.2 Å². The lowest BCUT2D eigenvalue weighted by Gasteiger charge is -2.05. The summed E-state index contributed by atoms with van der Waals surface area (Å²) in [6.07, 6.45) is 3.09. The molecule has 0 amide bonds. The molecule has 1 aromatic carbocycles. The van der Waals surface area contributed by atoms with Crippen LogP contribution in [0, 0.1) is 0 Å². The summed E-state index contributed by atoms with van der Waals surface area (Å²) < 4.78 is 7.01. The number of methoxy groups -OCH3 is 1. The number of benzene rings is 1. The maximum absolute atomic E-state index is 12.0. The predicted octanol–water partition coefficient (Wildman–Crippen LogP) is 2.68. The fourth-order valence-electron chi connectivity index (χ4n) is 1.86. The lowest BCUT2D eigenvalue weighted by atomic mass is 10.1. The van der Waals surface area contributed by atoms with Crippen LogP contribution in [0.1, 0.15) is 23.2 Å². The second kappa shape index (κ2) is 8.59. The Kier molecular flexibility index (Phi) is 6.43. The van der Waals surface area contributed by atoms with Crippen molar-refractivity contribution in [2.24, 2.45) is 0 Å². The standard InChI is InChI=1S/C15H19N3O2S/c1-20-10-9-18-12-16-17-15(18)21-11-5-8-14(19)13-6-3-2-4-7-13/h2-4,6-7,12H,5,8-11H2,1H3. The third-order valence-corrected chi connectivity index (χ3v) is 4.06. The molecular weight excluding hydrogens is 286 g/mol. The molecule has 0 aliphatic heterocycles. The molecule has 1 aromatic heterocycles. The summed E-state index contributed by atoms with van der Waals surface area (Å²) >= 11 is 1.62. The van der Waals surface area contributed by atoms with Crippen molar-refractivity contribution in [3.05, 3.63) is 42.2 Å². The number of nitrogens with zero attached hydrogens (tertiary/aromatic N) is 3. The van der Waals surface area contributed by atoms with E-state index < -0.39 is 0 Å². The molecule has 0 unspecified atom stereocenters. The summed E-state index contributed by atoms with van der Waals surface area (Å²) in [5, 5.41) is 8.86. The van der Waals surface area contributed by atoms with E-state index in [4.69, 9.17) is 4.74 Å². The third kappa shape index (κ3) is 4.99. The monoisotopic (exact) mass is 305 g/mol. The number of ether oxygens (including phenoxy) is 1. The zero-order valence-electron chi connectivity index (χ0n) is 12.1. The van der Waals surface area contributed by atoms with Crippen LogP contribution < -0.4 is 0 Å². The zero-order valence-corrected chi connectivity index (χ0v) is 12.9. The molecule has 0 saturated carbocycles. The molecule has 0 aliphatic rings. The van der Waals surface area contributed by atoms with Crippen molar-refractivity contribution in [2.45, 2.75) is 24.5 Å². The van der Waals surface area contributed by atoms with Crippen LogP contribution in [-0.4, -0.2) is 40.0 Å². The molecule has 2 rings (SSSR count). The molecule has 0 spiro atoms. The van der Waals surface area contributed by atoms with Crippen molar-refractivity contribution in [1.29, 1.82) is 0 Å². The number of carbonyl (C=O) groups excluding carboxylic acids is 1. The van der Waals surface area contributed by atoms with Gasteiger partial charge in [-0.25, -0.2) is 0 Å². The maximum atomic E-state index is 12.0. The first-order valence-electron chi connectivity index (χ1n) is 6.89. The van der Waals surface area contributed by atoms with Gasteiger partial charge < -0.3 is 9.30 Å². The minimum Gasteiger partial charge on any atom is -0.383 e. The Balaban J connectivity index is 1.72. The average Bonchev–Trinajstić information content (AvgIpc) is 2.97. The van der Waals surface area contributed by atoms with E-state index in [0.717, 1.165) is 29.4 Å². The van der Waals surface area contributed by atoms with Gasteiger partial charge in [0, 0.05) is 31.4 Å². The van der Waals surface area contributed by atoms with Gasteiger partial charge >= 0.3 is 0 Å². The van der Waals surface area contributed by atoms with Gasteiger partial charge in [0.15, 0.2) is 10.9 Å². The summed E-state index contributed by atoms with van der Waals surface area (Å²) in [7, 11) is 1.67. The number of hydrogen-bond acceptors (Lipinski definition) is 5. The van der Waals surface area contributed by atoms with Crippen molar-refractivity contribution >= 4 is 17.5 Å². The number of aromatic nitrogens is 3. The Morgan fingerprint density at radius 1 is 1.33 bits per heavy atom. The molecular formula is C15H19N3O2S. The molecule has 2 aromatic rings. The van der Waals surface area contributed by atoms with Gasteiger partial charge in [-0.3, -0.25) is 4.79 Å². The predicted molar refractivity (Wildman–Crippen MR) is 82.6 cm³/mol.